The minimum absolute atomic E-state index is 0.0834. The van der Waals surface area contributed by atoms with E-state index in [0.29, 0.717) is 34.6 Å². The average Bonchev–Trinajstić information content (AvgIpc) is 3.16. The molecule has 6 aliphatic rings. The number of hydrogen-bond acceptors (Lipinski definition) is 2. The van der Waals surface area contributed by atoms with Crippen LogP contribution in [-0.4, -0.2) is 24.2 Å². The molecule has 0 radical (unpaired) electrons. The minimum Gasteiger partial charge on any atom is -0.323 e. The van der Waals surface area contributed by atoms with Gasteiger partial charge in [-0.15, -0.1) is 0 Å². The molecule has 0 bridgehead atoms. The van der Waals surface area contributed by atoms with Gasteiger partial charge < -0.3 is 10.1 Å². The summed E-state index contributed by atoms with van der Waals surface area (Å²) in [6, 6.07) is 0. The van der Waals surface area contributed by atoms with Gasteiger partial charge in [-0.2, -0.15) is 0 Å². The molecule has 168 valence electrons. The molecule has 4 aliphatic carbocycles. The first-order valence-corrected chi connectivity index (χ1v) is 13.3. The van der Waals surface area contributed by atoms with Crippen molar-refractivity contribution >= 4 is 5.78 Å². The largest absolute Gasteiger partial charge is 0.323 e. The zero-order valence-corrected chi connectivity index (χ0v) is 19.8. The fourth-order valence-corrected chi connectivity index (χ4v) is 10.4. The van der Waals surface area contributed by atoms with Gasteiger partial charge >= 0.3 is 0 Å². The summed E-state index contributed by atoms with van der Waals surface area (Å²) in [6.45, 7) is 11.4. The first-order valence-electron chi connectivity index (χ1n) is 13.3. The highest BCUT2D eigenvalue weighted by atomic mass is 16.5. The summed E-state index contributed by atoms with van der Waals surface area (Å²) in [5.41, 5.74) is 0.982. The van der Waals surface area contributed by atoms with E-state index in [-0.39, 0.29) is 5.72 Å². The number of ketones is 1. The Morgan fingerprint density at radius 1 is 0.967 bits per heavy atom. The molecule has 0 aromatic heterocycles. The van der Waals surface area contributed by atoms with Crippen LogP contribution in [0.4, 0.5) is 0 Å². The topological polar surface area (TPSA) is 42.9 Å². The SMILES string of the molecule is C[C@H]1CC[C@]2([NH2+]C1)OC1CC3[C@@H]4CCC5CC(=O)CC[C@]5(C)C4CC[C@]3(C)C1[C@@H]2C. The van der Waals surface area contributed by atoms with Gasteiger partial charge in [0, 0.05) is 37.0 Å². The van der Waals surface area contributed by atoms with Crippen LogP contribution in [0.3, 0.4) is 0 Å². The first-order chi connectivity index (χ1) is 14.3. The standard InChI is InChI=1S/C27H43NO2/c1-16-7-12-27(28-15-16)17(2)24-23(30-27)14-22-20-6-5-18-13-19(29)8-10-25(18,3)21(20)9-11-26(22,24)4/h16-18,20-24,28H,5-15H2,1-4H3/p+1/t16-,17-,18?,20+,21?,22?,23?,24?,25-,26-,27-/m0/s1. The van der Waals surface area contributed by atoms with E-state index >= 15 is 0 Å². The van der Waals surface area contributed by atoms with Crippen molar-refractivity contribution in [3.63, 3.8) is 0 Å². The number of piperidine rings is 1. The van der Waals surface area contributed by atoms with E-state index in [9.17, 15) is 4.79 Å². The van der Waals surface area contributed by atoms with E-state index in [1.54, 1.807) is 0 Å². The van der Waals surface area contributed by atoms with Crippen LogP contribution in [0.25, 0.3) is 0 Å². The number of Topliss-reactive ketones (excluding diaryl/α,β-unsaturated/α-hetero) is 1. The quantitative estimate of drug-likeness (QED) is 0.632. The lowest BCUT2D eigenvalue weighted by molar-refractivity contribution is -0.786. The molecule has 6 rings (SSSR count). The predicted molar refractivity (Wildman–Crippen MR) is 118 cm³/mol. The van der Waals surface area contributed by atoms with Crippen LogP contribution >= 0.6 is 0 Å². The van der Waals surface area contributed by atoms with E-state index in [0.717, 1.165) is 48.9 Å². The molecule has 1 spiro atoms. The maximum absolute atomic E-state index is 12.2. The summed E-state index contributed by atoms with van der Waals surface area (Å²) in [6.07, 6.45) is 12.8. The first kappa shape index (κ1) is 20.2. The molecule has 2 heterocycles. The highest BCUT2D eigenvalue weighted by Gasteiger charge is 2.69. The van der Waals surface area contributed by atoms with E-state index in [2.05, 4.69) is 33.0 Å². The maximum Gasteiger partial charge on any atom is 0.203 e. The molecular formula is C27H44NO2+. The second-order valence-corrected chi connectivity index (χ2v) is 13.2. The van der Waals surface area contributed by atoms with Crippen molar-refractivity contribution in [2.75, 3.05) is 6.54 Å². The third-order valence-corrected chi connectivity index (χ3v) is 12.1. The molecule has 6 fully saturated rings. The van der Waals surface area contributed by atoms with Crippen LogP contribution in [0.5, 0.6) is 0 Å². The predicted octanol–water partition coefficient (Wildman–Crippen LogP) is 4.55. The van der Waals surface area contributed by atoms with Gasteiger partial charge in [0.15, 0.2) is 0 Å². The number of nitrogens with two attached hydrogens (primary N) is 1. The lowest BCUT2D eigenvalue weighted by atomic mass is 9.44. The van der Waals surface area contributed by atoms with Gasteiger partial charge in [-0.05, 0) is 79.4 Å². The van der Waals surface area contributed by atoms with Crippen molar-refractivity contribution in [3.05, 3.63) is 0 Å². The van der Waals surface area contributed by atoms with Crippen LogP contribution < -0.4 is 5.32 Å². The summed E-state index contributed by atoms with van der Waals surface area (Å²) < 4.78 is 7.06. The highest BCUT2D eigenvalue weighted by molar-refractivity contribution is 5.79. The number of hydrogen-bond donors (Lipinski definition) is 1. The Hall–Kier alpha value is -0.410. The normalized spacial score (nSPS) is 60.1. The van der Waals surface area contributed by atoms with E-state index in [1.165, 1.54) is 51.5 Å². The molecule has 2 aliphatic heterocycles. The van der Waals surface area contributed by atoms with E-state index in [4.69, 9.17) is 4.74 Å². The lowest BCUT2D eigenvalue weighted by Crippen LogP contribution is -3.00. The van der Waals surface area contributed by atoms with Crippen LogP contribution in [0, 0.1) is 52.3 Å². The van der Waals surface area contributed by atoms with Gasteiger partial charge in [-0.25, -0.2) is 0 Å². The lowest BCUT2D eigenvalue weighted by Gasteiger charge is -2.60. The molecule has 5 unspecified atom stereocenters. The minimum atomic E-state index is 0.0834. The Bertz CT molecular complexity index is 726. The van der Waals surface area contributed by atoms with Gasteiger partial charge in [0.05, 0.1) is 12.6 Å². The van der Waals surface area contributed by atoms with E-state index < -0.39 is 0 Å². The summed E-state index contributed by atoms with van der Waals surface area (Å²) in [4.78, 5) is 12.2. The Morgan fingerprint density at radius 3 is 2.57 bits per heavy atom. The number of carbonyl (C=O) groups excluding carboxylic acids is 1. The van der Waals surface area contributed by atoms with E-state index in [1.807, 2.05) is 0 Å². The third kappa shape index (κ3) is 2.54. The van der Waals surface area contributed by atoms with Gasteiger partial charge in [-0.3, -0.25) is 4.79 Å². The summed E-state index contributed by atoms with van der Waals surface area (Å²) >= 11 is 0. The van der Waals surface area contributed by atoms with Crippen LogP contribution in [-0.2, 0) is 9.53 Å². The van der Waals surface area contributed by atoms with Gasteiger partial charge in [0.2, 0.25) is 5.72 Å². The molecule has 2 N–H and O–H groups in total. The van der Waals surface area contributed by atoms with Crippen molar-refractivity contribution in [1.82, 2.24) is 0 Å². The van der Waals surface area contributed by atoms with Crippen molar-refractivity contribution in [2.45, 2.75) is 104 Å². The molecular weight excluding hydrogens is 370 g/mol. The van der Waals surface area contributed by atoms with Gasteiger partial charge in [0.25, 0.3) is 0 Å². The monoisotopic (exact) mass is 414 g/mol. The average molecular weight is 415 g/mol. The smallest absolute Gasteiger partial charge is 0.203 e. The second-order valence-electron chi connectivity index (χ2n) is 13.2. The molecule has 3 nitrogen and oxygen atoms in total. The summed E-state index contributed by atoms with van der Waals surface area (Å²) in [5.74, 6) is 6.07. The Labute approximate surface area is 183 Å². The molecule has 0 aromatic carbocycles. The molecule has 0 aromatic rings. The zero-order chi connectivity index (χ0) is 20.9. The zero-order valence-electron chi connectivity index (χ0n) is 19.8. The number of carbonyl (C=O) groups is 1. The van der Waals surface area contributed by atoms with Crippen LogP contribution in [0.15, 0.2) is 0 Å². The van der Waals surface area contributed by atoms with Crippen molar-refractivity contribution < 1.29 is 14.8 Å². The van der Waals surface area contributed by atoms with Crippen molar-refractivity contribution in [1.29, 1.82) is 0 Å². The van der Waals surface area contributed by atoms with Crippen molar-refractivity contribution in [2.24, 2.45) is 52.3 Å². The molecule has 30 heavy (non-hydrogen) atoms. The fraction of sp³-hybridized carbons (Fsp3) is 0.963. The number of quaternary nitrogens is 1. The molecule has 0 amide bonds. The Morgan fingerprint density at radius 2 is 1.80 bits per heavy atom. The van der Waals surface area contributed by atoms with Crippen LogP contribution in [0.1, 0.15) is 91.9 Å². The number of ether oxygens (including phenoxy) is 1. The summed E-state index contributed by atoms with van der Waals surface area (Å²) in [7, 11) is 0. The second kappa shape index (κ2) is 6.56. The highest BCUT2D eigenvalue weighted by Crippen LogP contribution is 2.70. The fourth-order valence-electron chi connectivity index (χ4n) is 10.4. The molecule has 11 atom stereocenters. The third-order valence-electron chi connectivity index (χ3n) is 12.1. The van der Waals surface area contributed by atoms with Gasteiger partial charge in [-0.1, -0.05) is 27.7 Å². The summed E-state index contributed by atoms with van der Waals surface area (Å²) in [5, 5.41) is 2.60. The van der Waals surface area contributed by atoms with Crippen molar-refractivity contribution in [3.8, 4) is 0 Å². The molecule has 4 saturated carbocycles. The molecule has 2 saturated heterocycles. The Balaban J connectivity index is 1.26. The van der Waals surface area contributed by atoms with Gasteiger partial charge in [0.1, 0.15) is 5.78 Å². The maximum atomic E-state index is 12.2. The number of fused-ring (bicyclic) bond motifs is 7. The van der Waals surface area contributed by atoms with Crippen LogP contribution in [0.2, 0.25) is 0 Å². The number of rotatable bonds is 0. The Kier molecular flexibility index (Phi) is 4.42. The molecule has 3 heteroatoms.